The summed E-state index contributed by atoms with van der Waals surface area (Å²) >= 11 is 1.93. The largest absolute Gasteiger partial charge is 0.379 e. The Morgan fingerprint density at radius 3 is 2.70 bits per heavy atom. The second-order valence-corrected chi connectivity index (χ2v) is 3.55. The summed E-state index contributed by atoms with van der Waals surface area (Å²) in [6, 6.07) is 0. The highest BCUT2D eigenvalue weighted by molar-refractivity contribution is 7.99. The molecule has 0 aliphatic rings. The van der Waals surface area contributed by atoms with E-state index in [1.54, 1.807) is 0 Å². The molecule has 0 heterocycles. The van der Waals surface area contributed by atoms with Crippen LogP contribution in [0, 0.1) is 0 Å². The average Bonchev–Trinajstić information content (AvgIpc) is 1.87. The van der Waals surface area contributed by atoms with Gasteiger partial charge in [-0.1, -0.05) is 6.92 Å². The monoisotopic (exact) mass is 163 g/mol. The third-order valence-corrected chi connectivity index (χ3v) is 2.41. The topological polar surface area (TPSA) is 46.2 Å². The molecule has 2 nitrogen and oxygen atoms in total. The molecular formula is C7H17NOS. The molecule has 0 amide bonds. The number of aliphatic hydroxyl groups excluding tert-OH is 1. The number of hydrogen-bond acceptors (Lipinski definition) is 3. The zero-order valence-electron chi connectivity index (χ0n) is 6.55. The van der Waals surface area contributed by atoms with Crippen LogP contribution in [0.15, 0.2) is 0 Å². The van der Waals surface area contributed by atoms with Crippen LogP contribution < -0.4 is 5.73 Å². The van der Waals surface area contributed by atoms with Crippen LogP contribution in [0.5, 0.6) is 0 Å². The first kappa shape index (κ1) is 10.3. The summed E-state index contributed by atoms with van der Waals surface area (Å²) in [4.78, 5) is 0. The Morgan fingerprint density at radius 2 is 2.20 bits per heavy atom. The number of thioether (sulfide) groups is 1. The highest BCUT2D eigenvalue weighted by atomic mass is 32.2. The van der Waals surface area contributed by atoms with Gasteiger partial charge in [-0.3, -0.25) is 0 Å². The summed E-state index contributed by atoms with van der Waals surface area (Å²) in [6.45, 7) is 2.17. The summed E-state index contributed by atoms with van der Waals surface area (Å²) in [5, 5.41) is 8.68. The number of hydrogen-bond donors (Lipinski definition) is 2. The Kier molecular flexibility index (Phi) is 7.58. The SMILES string of the molecule is CCCSCCCC(N)O. The van der Waals surface area contributed by atoms with Crippen molar-refractivity contribution in [3.8, 4) is 0 Å². The maximum absolute atomic E-state index is 8.68. The summed E-state index contributed by atoms with van der Waals surface area (Å²) in [7, 11) is 0. The highest BCUT2D eigenvalue weighted by Gasteiger charge is 1.94. The molecule has 10 heavy (non-hydrogen) atoms. The van der Waals surface area contributed by atoms with Crippen LogP contribution in [0.25, 0.3) is 0 Å². The summed E-state index contributed by atoms with van der Waals surface area (Å²) in [5.41, 5.74) is 5.15. The van der Waals surface area contributed by atoms with Crippen LogP contribution >= 0.6 is 11.8 Å². The van der Waals surface area contributed by atoms with Crippen molar-refractivity contribution < 1.29 is 5.11 Å². The fraction of sp³-hybridized carbons (Fsp3) is 1.00. The molecule has 0 bridgehead atoms. The quantitative estimate of drug-likeness (QED) is 0.456. The molecule has 0 rings (SSSR count). The first-order chi connectivity index (χ1) is 4.77. The Bertz CT molecular complexity index is 68.6. The van der Waals surface area contributed by atoms with Gasteiger partial charge in [0.25, 0.3) is 0 Å². The van der Waals surface area contributed by atoms with Gasteiger partial charge in [-0.25, -0.2) is 0 Å². The van der Waals surface area contributed by atoms with E-state index in [2.05, 4.69) is 6.92 Å². The van der Waals surface area contributed by atoms with Gasteiger partial charge < -0.3 is 10.8 Å². The van der Waals surface area contributed by atoms with E-state index in [1.807, 2.05) is 11.8 Å². The molecule has 1 atom stereocenters. The van der Waals surface area contributed by atoms with Crippen molar-refractivity contribution in [1.82, 2.24) is 0 Å². The van der Waals surface area contributed by atoms with Gasteiger partial charge in [0.05, 0.1) is 0 Å². The number of aliphatic hydroxyl groups is 1. The lowest BCUT2D eigenvalue weighted by Crippen LogP contribution is -2.18. The molecule has 0 saturated carbocycles. The fourth-order valence-corrected chi connectivity index (χ4v) is 1.50. The predicted octanol–water partition coefficient (Wildman–Crippen LogP) is 1.19. The predicted molar refractivity (Wildman–Crippen MR) is 47.0 cm³/mol. The zero-order chi connectivity index (χ0) is 7.82. The van der Waals surface area contributed by atoms with Crippen LogP contribution in [0.4, 0.5) is 0 Å². The van der Waals surface area contributed by atoms with Gasteiger partial charge in [0.2, 0.25) is 0 Å². The Labute approximate surface area is 67.2 Å². The summed E-state index contributed by atoms with van der Waals surface area (Å²) in [6.07, 6.45) is 2.39. The summed E-state index contributed by atoms with van der Waals surface area (Å²) < 4.78 is 0. The minimum absolute atomic E-state index is 0.609. The van der Waals surface area contributed by atoms with Crippen molar-refractivity contribution in [3.63, 3.8) is 0 Å². The van der Waals surface area contributed by atoms with E-state index < -0.39 is 6.23 Å². The van der Waals surface area contributed by atoms with Crippen molar-refractivity contribution in [3.05, 3.63) is 0 Å². The minimum Gasteiger partial charge on any atom is -0.379 e. The second-order valence-electron chi connectivity index (χ2n) is 2.32. The van der Waals surface area contributed by atoms with Crippen LogP contribution in [0.1, 0.15) is 26.2 Å². The van der Waals surface area contributed by atoms with E-state index in [0.29, 0.717) is 0 Å². The molecule has 0 aliphatic heterocycles. The molecule has 0 aromatic carbocycles. The van der Waals surface area contributed by atoms with E-state index in [4.69, 9.17) is 10.8 Å². The van der Waals surface area contributed by atoms with E-state index >= 15 is 0 Å². The molecule has 0 aromatic heterocycles. The van der Waals surface area contributed by atoms with Crippen LogP contribution in [-0.4, -0.2) is 22.8 Å². The van der Waals surface area contributed by atoms with Crippen molar-refractivity contribution >= 4 is 11.8 Å². The first-order valence-corrected chi connectivity index (χ1v) is 4.94. The van der Waals surface area contributed by atoms with E-state index in [0.717, 1.165) is 18.6 Å². The third kappa shape index (κ3) is 8.27. The van der Waals surface area contributed by atoms with E-state index in [-0.39, 0.29) is 0 Å². The van der Waals surface area contributed by atoms with Crippen molar-refractivity contribution in [2.45, 2.75) is 32.4 Å². The Hall–Kier alpha value is 0.270. The zero-order valence-corrected chi connectivity index (χ0v) is 7.36. The molecule has 3 heteroatoms. The molecule has 0 aromatic rings. The smallest absolute Gasteiger partial charge is 0.102 e. The molecule has 0 saturated heterocycles. The van der Waals surface area contributed by atoms with Crippen molar-refractivity contribution in [2.75, 3.05) is 11.5 Å². The van der Waals surface area contributed by atoms with Gasteiger partial charge in [-0.05, 0) is 30.8 Å². The van der Waals surface area contributed by atoms with Gasteiger partial charge in [0, 0.05) is 0 Å². The van der Waals surface area contributed by atoms with Crippen LogP contribution in [0.2, 0.25) is 0 Å². The molecule has 0 aliphatic carbocycles. The van der Waals surface area contributed by atoms with Crippen molar-refractivity contribution in [2.24, 2.45) is 5.73 Å². The minimum atomic E-state index is -0.609. The lowest BCUT2D eigenvalue weighted by Gasteiger charge is -2.02. The lowest BCUT2D eigenvalue weighted by molar-refractivity contribution is 0.171. The maximum atomic E-state index is 8.68. The van der Waals surface area contributed by atoms with Gasteiger partial charge in [0.1, 0.15) is 6.23 Å². The van der Waals surface area contributed by atoms with Gasteiger partial charge in [0.15, 0.2) is 0 Å². The van der Waals surface area contributed by atoms with Crippen LogP contribution in [-0.2, 0) is 0 Å². The number of nitrogens with two attached hydrogens (primary N) is 1. The van der Waals surface area contributed by atoms with E-state index in [1.165, 1.54) is 12.2 Å². The molecule has 0 fully saturated rings. The third-order valence-electron chi connectivity index (χ3n) is 1.14. The van der Waals surface area contributed by atoms with Crippen LogP contribution in [0.3, 0.4) is 0 Å². The molecule has 1 unspecified atom stereocenters. The van der Waals surface area contributed by atoms with Gasteiger partial charge >= 0.3 is 0 Å². The normalized spacial score (nSPS) is 13.5. The maximum Gasteiger partial charge on any atom is 0.102 e. The van der Waals surface area contributed by atoms with Gasteiger partial charge in [-0.15, -0.1) is 0 Å². The molecular weight excluding hydrogens is 146 g/mol. The summed E-state index contributed by atoms with van der Waals surface area (Å²) in [5.74, 6) is 2.35. The lowest BCUT2D eigenvalue weighted by atomic mass is 10.3. The molecule has 3 N–H and O–H groups in total. The fourth-order valence-electron chi connectivity index (χ4n) is 0.641. The van der Waals surface area contributed by atoms with E-state index in [9.17, 15) is 0 Å². The molecule has 0 radical (unpaired) electrons. The molecule has 62 valence electrons. The van der Waals surface area contributed by atoms with Crippen molar-refractivity contribution in [1.29, 1.82) is 0 Å². The second kappa shape index (κ2) is 7.38. The Morgan fingerprint density at radius 1 is 1.50 bits per heavy atom. The standard InChI is InChI=1S/C7H17NOS/c1-2-5-10-6-3-4-7(8)9/h7,9H,2-6,8H2,1H3. The molecule has 0 spiro atoms. The first-order valence-electron chi connectivity index (χ1n) is 3.78. The highest BCUT2D eigenvalue weighted by Crippen LogP contribution is 2.05. The number of rotatable bonds is 6. The Balaban J connectivity index is 2.77. The van der Waals surface area contributed by atoms with Gasteiger partial charge in [-0.2, -0.15) is 11.8 Å². The average molecular weight is 163 g/mol.